The molecule has 0 amide bonds. The van der Waals surface area contributed by atoms with Gasteiger partial charge in [-0.15, -0.1) is 11.6 Å². The fourth-order valence-electron chi connectivity index (χ4n) is 1.05. The summed E-state index contributed by atoms with van der Waals surface area (Å²) < 4.78 is 1.16. The maximum Gasteiger partial charge on any atom is 0.0374 e. The van der Waals surface area contributed by atoms with Crippen molar-refractivity contribution in [1.29, 1.82) is 0 Å². The highest BCUT2D eigenvalue weighted by Crippen LogP contribution is 2.19. The van der Waals surface area contributed by atoms with Crippen LogP contribution in [0.15, 0.2) is 28.7 Å². The monoisotopic (exact) mass is 246 g/mol. The molecule has 66 valence electrons. The van der Waals surface area contributed by atoms with Crippen LogP contribution >= 0.6 is 27.5 Å². The van der Waals surface area contributed by atoms with Gasteiger partial charge in [0, 0.05) is 9.85 Å². The summed E-state index contributed by atoms with van der Waals surface area (Å²) in [4.78, 5) is 0. The Morgan fingerprint density at radius 2 is 2.08 bits per heavy atom. The van der Waals surface area contributed by atoms with Crippen LogP contribution < -0.4 is 0 Å². The summed E-state index contributed by atoms with van der Waals surface area (Å²) in [7, 11) is 0. The van der Waals surface area contributed by atoms with E-state index >= 15 is 0 Å². The molecular weight excluding hydrogens is 235 g/mol. The molecule has 2 heteroatoms. The van der Waals surface area contributed by atoms with Crippen LogP contribution in [0.1, 0.15) is 18.9 Å². The van der Waals surface area contributed by atoms with E-state index < -0.39 is 0 Å². The van der Waals surface area contributed by atoms with Crippen LogP contribution in [0.3, 0.4) is 0 Å². The predicted octanol–water partition coefficient (Wildman–Crippen LogP) is 4.01. The van der Waals surface area contributed by atoms with E-state index in [1.807, 2.05) is 12.1 Å². The van der Waals surface area contributed by atoms with Crippen LogP contribution in [0.4, 0.5) is 0 Å². The molecule has 0 spiro atoms. The number of alkyl halides is 1. The quantitative estimate of drug-likeness (QED) is 0.708. The lowest BCUT2D eigenvalue weighted by molar-refractivity contribution is 0.803. The van der Waals surface area contributed by atoms with Crippen LogP contribution in [0.25, 0.3) is 0 Å². The molecule has 1 rings (SSSR count). The molecule has 0 nitrogen and oxygen atoms in total. The predicted molar refractivity (Wildman–Crippen MR) is 57.8 cm³/mol. The minimum Gasteiger partial charge on any atom is -0.123 e. The number of hydrogen-bond acceptors (Lipinski definition) is 0. The van der Waals surface area contributed by atoms with E-state index in [0.29, 0.717) is 0 Å². The summed E-state index contributed by atoms with van der Waals surface area (Å²) in [5, 5.41) is 0.253. The Balaban J connectivity index is 2.69. The van der Waals surface area contributed by atoms with Gasteiger partial charge in [-0.25, -0.2) is 0 Å². The molecule has 1 aromatic rings. The lowest BCUT2D eigenvalue weighted by atomic mass is 10.1. The second kappa shape index (κ2) is 4.88. The van der Waals surface area contributed by atoms with Crippen LogP contribution in [0.2, 0.25) is 0 Å². The van der Waals surface area contributed by atoms with Crippen molar-refractivity contribution in [3.05, 3.63) is 34.3 Å². The highest BCUT2D eigenvalue weighted by Gasteiger charge is 2.04. The zero-order valence-electron chi connectivity index (χ0n) is 7.06. The minimum absolute atomic E-state index is 0.253. The molecule has 0 aliphatic heterocycles. The SMILES string of the molecule is CCC(Cl)Cc1ccccc1Br. The molecule has 1 atom stereocenters. The Bertz CT molecular complexity index is 247. The topological polar surface area (TPSA) is 0 Å². The van der Waals surface area contributed by atoms with Gasteiger partial charge in [0.1, 0.15) is 0 Å². The Labute approximate surface area is 87.1 Å². The van der Waals surface area contributed by atoms with Crippen LogP contribution in [0, 0.1) is 0 Å². The Morgan fingerprint density at radius 3 is 2.67 bits per heavy atom. The summed E-state index contributed by atoms with van der Waals surface area (Å²) in [6.07, 6.45) is 1.96. The lowest BCUT2D eigenvalue weighted by Crippen LogP contribution is -2.01. The average Bonchev–Trinajstić information content (AvgIpc) is 2.09. The first-order valence-electron chi connectivity index (χ1n) is 4.11. The number of rotatable bonds is 3. The average molecular weight is 248 g/mol. The number of halogens is 2. The fourth-order valence-corrected chi connectivity index (χ4v) is 1.66. The van der Waals surface area contributed by atoms with E-state index in [0.717, 1.165) is 17.3 Å². The molecule has 0 saturated carbocycles. The van der Waals surface area contributed by atoms with Crippen molar-refractivity contribution < 1.29 is 0 Å². The van der Waals surface area contributed by atoms with Crippen molar-refractivity contribution >= 4 is 27.5 Å². The van der Waals surface area contributed by atoms with E-state index in [-0.39, 0.29) is 5.38 Å². The first-order valence-corrected chi connectivity index (χ1v) is 5.34. The van der Waals surface area contributed by atoms with Crippen LogP contribution in [0.5, 0.6) is 0 Å². The molecule has 12 heavy (non-hydrogen) atoms. The van der Waals surface area contributed by atoms with Gasteiger partial charge in [-0.3, -0.25) is 0 Å². The Hall–Kier alpha value is -0.0100. The van der Waals surface area contributed by atoms with E-state index in [2.05, 4.69) is 35.0 Å². The van der Waals surface area contributed by atoms with Gasteiger partial charge in [-0.2, -0.15) is 0 Å². The zero-order chi connectivity index (χ0) is 8.97. The van der Waals surface area contributed by atoms with Crippen molar-refractivity contribution in [3.8, 4) is 0 Å². The first-order chi connectivity index (χ1) is 5.74. The van der Waals surface area contributed by atoms with Crippen molar-refractivity contribution in [2.24, 2.45) is 0 Å². The molecule has 0 bridgehead atoms. The van der Waals surface area contributed by atoms with Gasteiger partial charge in [-0.1, -0.05) is 41.1 Å². The van der Waals surface area contributed by atoms with Gasteiger partial charge in [0.15, 0.2) is 0 Å². The summed E-state index contributed by atoms with van der Waals surface area (Å²) >= 11 is 9.55. The van der Waals surface area contributed by atoms with Gasteiger partial charge < -0.3 is 0 Å². The smallest absolute Gasteiger partial charge is 0.0374 e. The molecule has 0 N–H and O–H groups in total. The summed E-state index contributed by atoms with van der Waals surface area (Å²) in [5.41, 5.74) is 1.29. The summed E-state index contributed by atoms with van der Waals surface area (Å²) in [6.45, 7) is 2.11. The second-order valence-electron chi connectivity index (χ2n) is 2.80. The highest BCUT2D eigenvalue weighted by atomic mass is 79.9. The van der Waals surface area contributed by atoms with Gasteiger partial charge >= 0.3 is 0 Å². The largest absolute Gasteiger partial charge is 0.123 e. The van der Waals surface area contributed by atoms with Gasteiger partial charge in [0.05, 0.1) is 0 Å². The second-order valence-corrected chi connectivity index (χ2v) is 4.27. The maximum atomic E-state index is 6.05. The van der Waals surface area contributed by atoms with Gasteiger partial charge in [-0.05, 0) is 24.5 Å². The molecule has 0 heterocycles. The Kier molecular flexibility index (Phi) is 4.10. The number of hydrogen-bond donors (Lipinski definition) is 0. The van der Waals surface area contributed by atoms with Crippen LogP contribution in [-0.2, 0) is 6.42 Å². The fraction of sp³-hybridized carbons (Fsp3) is 0.400. The molecular formula is C10H12BrCl. The standard InChI is InChI=1S/C10H12BrCl/c1-2-9(12)7-8-5-3-4-6-10(8)11/h3-6,9H,2,7H2,1H3. The van der Waals surface area contributed by atoms with Crippen LogP contribution in [-0.4, -0.2) is 5.38 Å². The first kappa shape index (κ1) is 10.1. The summed E-state index contributed by atoms with van der Waals surface area (Å²) in [5.74, 6) is 0. The van der Waals surface area contributed by atoms with E-state index in [1.165, 1.54) is 5.56 Å². The van der Waals surface area contributed by atoms with E-state index in [1.54, 1.807) is 0 Å². The molecule has 1 aromatic carbocycles. The molecule has 0 saturated heterocycles. The zero-order valence-corrected chi connectivity index (χ0v) is 9.40. The Morgan fingerprint density at radius 1 is 1.42 bits per heavy atom. The maximum absolute atomic E-state index is 6.05. The minimum atomic E-state index is 0.253. The molecule has 0 aliphatic rings. The van der Waals surface area contributed by atoms with Crippen molar-refractivity contribution in [1.82, 2.24) is 0 Å². The molecule has 1 unspecified atom stereocenters. The molecule has 0 fully saturated rings. The lowest BCUT2D eigenvalue weighted by Gasteiger charge is -2.07. The van der Waals surface area contributed by atoms with Crippen molar-refractivity contribution in [2.75, 3.05) is 0 Å². The third-order valence-corrected chi connectivity index (χ3v) is 3.08. The highest BCUT2D eigenvalue weighted by molar-refractivity contribution is 9.10. The molecule has 0 radical (unpaired) electrons. The van der Waals surface area contributed by atoms with E-state index in [9.17, 15) is 0 Å². The van der Waals surface area contributed by atoms with Gasteiger partial charge in [0.2, 0.25) is 0 Å². The van der Waals surface area contributed by atoms with Gasteiger partial charge in [0.25, 0.3) is 0 Å². The van der Waals surface area contributed by atoms with E-state index in [4.69, 9.17) is 11.6 Å². The van der Waals surface area contributed by atoms with Crippen molar-refractivity contribution in [2.45, 2.75) is 25.1 Å². The third-order valence-electron chi connectivity index (χ3n) is 1.84. The van der Waals surface area contributed by atoms with Crippen molar-refractivity contribution in [3.63, 3.8) is 0 Å². The normalized spacial score (nSPS) is 12.9. The number of benzene rings is 1. The molecule has 0 aliphatic carbocycles. The summed E-state index contributed by atoms with van der Waals surface area (Å²) in [6, 6.07) is 8.21. The molecule has 0 aromatic heterocycles. The third kappa shape index (κ3) is 2.80.